The van der Waals surface area contributed by atoms with E-state index in [4.69, 9.17) is 25.8 Å². The van der Waals surface area contributed by atoms with Crippen LogP contribution in [0.5, 0.6) is 0 Å². The van der Waals surface area contributed by atoms with E-state index in [-0.39, 0.29) is 0 Å². The van der Waals surface area contributed by atoms with Gasteiger partial charge in [0.05, 0.1) is 0 Å². The molecule has 6 nitrogen and oxygen atoms in total. The van der Waals surface area contributed by atoms with E-state index in [9.17, 15) is 4.79 Å². The second kappa shape index (κ2) is 8.21. The van der Waals surface area contributed by atoms with Gasteiger partial charge in [0.25, 0.3) is 5.97 Å². The van der Waals surface area contributed by atoms with Crippen LogP contribution in [0.2, 0.25) is 0 Å². The van der Waals surface area contributed by atoms with Gasteiger partial charge < -0.3 is 21.1 Å². The largest absolute Gasteiger partial charge is 0.481 e. The van der Waals surface area contributed by atoms with Gasteiger partial charge in [0.1, 0.15) is 0 Å². The summed E-state index contributed by atoms with van der Waals surface area (Å²) in [5.41, 5.74) is 6.44. The third-order valence-corrected chi connectivity index (χ3v) is 1.97. The summed E-state index contributed by atoms with van der Waals surface area (Å²) < 4.78 is 0. The zero-order valence-electron chi connectivity index (χ0n) is 9.98. The molecule has 1 aromatic carbocycles. The maximum Gasteiger partial charge on any atom is 0.334 e. The second-order valence-electron chi connectivity index (χ2n) is 3.66. The summed E-state index contributed by atoms with van der Waals surface area (Å²) in [6, 6.07) is 8.46. The van der Waals surface area contributed by atoms with Gasteiger partial charge in [-0.05, 0) is 12.0 Å². The lowest BCUT2D eigenvalue weighted by Crippen LogP contribution is -2.41. The Morgan fingerprint density at radius 1 is 1.22 bits per heavy atom. The predicted molar refractivity (Wildman–Crippen MR) is 65.1 cm³/mol. The van der Waals surface area contributed by atoms with Crippen molar-refractivity contribution in [3.05, 3.63) is 35.9 Å². The molecule has 0 amide bonds. The van der Waals surface area contributed by atoms with Crippen molar-refractivity contribution in [3.63, 3.8) is 0 Å². The van der Waals surface area contributed by atoms with Gasteiger partial charge in [-0.3, -0.25) is 4.79 Å². The molecule has 0 bridgehead atoms. The fourth-order valence-corrected chi connectivity index (χ4v) is 1.18. The number of benzene rings is 1. The number of carboxylic acids is 2. The van der Waals surface area contributed by atoms with Gasteiger partial charge in [-0.2, -0.15) is 0 Å². The first-order chi connectivity index (χ1) is 8.34. The van der Waals surface area contributed by atoms with E-state index in [1.807, 2.05) is 30.3 Å². The van der Waals surface area contributed by atoms with Crippen molar-refractivity contribution in [2.75, 3.05) is 0 Å². The normalized spacial score (nSPS) is 12.8. The Balaban J connectivity index is 0.000000631. The molecule has 0 aliphatic carbocycles. The van der Waals surface area contributed by atoms with Crippen LogP contribution in [0.1, 0.15) is 12.5 Å². The molecule has 0 aliphatic heterocycles. The Bertz CT molecular complexity index is 375. The van der Waals surface area contributed by atoms with Gasteiger partial charge >= 0.3 is 5.97 Å². The number of hydrogen-bond donors (Lipinski definition) is 4. The van der Waals surface area contributed by atoms with E-state index in [0.717, 1.165) is 12.5 Å². The second-order valence-corrected chi connectivity index (χ2v) is 3.66. The predicted octanol–water partition coefficient (Wildman–Crippen LogP) is 0.0928. The fourth-order valence-electron chi connectivity index (χ4n) is 1.18. The first-order valence-corrected chi connectivity index (χ1v) is 5.24. The van der Waals surface area contributed by atoms with Crippen LogP contribution < -0.4 is 5.73 Å². The minimum Gasteiger partial charge on any atom is -0.481 e. The van der Waals surface area contributed by atoms with Crippen LogP contribution in [0, 0.1) is 0 Å². The lowest BCUT2D eigenvalue weighted by atomic mass is 10.0. The van der Waals surface area contributed by atoms with Crippen LogP contribution in [0.4, 0.5) is 0 Å². The Labute approximate surface area is 105 Å². The molecule has 5 N–H and O–H groups in total. The maximum atomic E-state index is 10.4. The van der Waals surface area contributed by atoms with Crippen molar-refractivity contribution in [3.8, 4) is 0 Å². The van der Waals surface area contributed by atoms with E-state index < -0.39 is 24.1 Å². The molecule has 18 heavy (non-hydrogen) atoms. The van der Waals surface area contributed by atoms with Crippen molar-refractivity contribution in [2.24, 2.45) is 5.73 Å². The van der Waals surface area contributed by atoms with E-state index in [1.54, 1.807) is 0 Å². The van der Waals surface area contributed by atoms with Gasteiger partial charge in [0.2, 0.25) is 0 Å². The number of aliphatic carboxylic acids is 2. The van der Waals surface area contributed by atoms with Gasteiger partial charge in [-0.25, -0.2) is 4.79 Å². The summed E-state index contributed by atoms with van der Waals surface area (Å²) in [6.45, 7) is 1.08. The third-order valence-electron chi connectivity index (χ3n) is 1.97. The zero-order valence-corrected chi connectivity index (χ0v) is 9.98. The molecule has 0 saturated carbocycles. The molecule has 2 atom stereocenters. The lowest BCUT2D eigenvalue weighted by molar-refractivity contribution is -0.147. The van der Waals surface area contributed by atoms with Crippen LogP contribution in [0.3, 0.4) is 0 Å². The number of aliphatic hydroxyl groups excluding tert-OH is 1. The molecule has 0 aliphatic rings. The molecule has 0 heterocycles. The number of carboxylic acid groups (broad SMARTS) is 2. The molecular weight excluding hydrogens is 238 g/mol. The summed E-state index contributed by atoms with van der Waals surface area (Å²) in [5, 5.41) is 25.0. The van der Waals surface area contributed by atoms with Crippen LogP contribution in [0.25, 0.3) is 0 Å². The summed E-state index contributed by atoms with van der Waals surface area (Å²) in [6.07, 6.45) is -1.15. The van der Waals surface area contributed by atoms with Gasteiger partial charge in [-0.1, -0.05) is 30.3 Å². The Kier molecular flexibility index (Phi) is 7.34. The molecule has 1 rings (SSSR count). The van der Waals surface area contributed by atoms with Gasteiger partial charge in [-0.15, -0.1) is 0 Å². The van der Waals surface area contributed by atoms with Crippen LogP contribution in [-0.4, -0.2) is 39.4 Å². The molecule has 1 aromatic rings. The molecule has 0 radical (unpaired) electrons. The highest BCUT2D eigenvalue weighted by atomic mass is 16.4. The highest BCUT2D eigenvalue weighted by molar-refractivity contribution is 5.72. The topological polar surface area (TPSA) is 121 Å². The quantitative estimate of drug-likeness (QED) is 0.605. The summed E-state index contributed by atoms with van der Waals surface area (Å²) in [7, 11) is 0. The lowest BCUT2D eigenvalue weighted by Gasteiger charge is -2.14. The number of nitrogens with two attached hydrogens (primary N) is 1. The van der Waals surface area contributed by atoms with E-state index in [1.165, 1.54) is 0 Å². The first kappa shape index (κ1) is 16.1. The van der Waals surface area contributed by atoms with Crippen molar-refractivity contribution in [1.82, 2.24) is 0 Å². The maximum absolute atomic E-state index is 10.4. The SMILES string of the molecule is CC(=O)O.N[C@@H](Cc1ccccc1)[C@H](O)C(=O)O. The average Bonchev–Trinajstić information content (AvgIpc) is 2.28. The van der Waals surface area contributed by atoms with E-state index in [0.29, 0.717) is 6.42 Å². The van der Waals surface area contributed by atoms with Crippen LogP contribution >= 0.6 is 0 Å². The molecule has 0 unspecified atom stereocenters. The minimum atomic E-state index is -1.50. The van der Waals surface area contributed by atoms with Crippen molar-refractivity contribution in [1.29, 1.82) is 0 Å². The summed E-state index contributed by atoms with van der Waals surface area (Å²) >= 11 is 0. The van der Waals surface area contributed by atoms with Crippen LogP contribution in [-0.2, 0) is 16.0 Å². The first-order valence-electron chi connectivity index (χ1n) is 5.24. The van der Waals surface area contributed by atoms with Crippen molar-refractivity contribution < 1.29 is 24.9 Å². The molecule has 0 fully saturated rings. The van der Waals surface area contributed by atoms with Crippen molar-refractivity contribution in [2.45, 2.75) is 25.5 Å². The monoisotopic (exact) mass is 255 g/mol. The zero-order chi connectivity index (χ0) is 14.1. The summed E-state index contributed by atoms with van der Waals surface area (Å²) in [5.74, 6) is -2.12. The fraction of sp³-hybridized carbons (Fsp3) is 0.333. The summed E-state index contributed by atoms with van der Waals surface area (Å²) in [4.78, 5) is 19.4. The number of rotatable bonds is 4. The van der Waals surface area contributed by atoms with E-state index >= 15 is 0 Å². The number of aliphatic hydroxyl groups is 1. The number of carbonyl (C=O) groups is 2. The number of hydrogen-bond acceptors (Lipinski definition) is 4. The van der Waals surface area contributed by atoms with Gasteiger partial charge in [0, 0.05) is 13.0 Å². The standard InChI is InChI=1S/C10H13NO3.C2H4O2/c11-8(9(12)10(13)14)6-7-4-2-1-3-5-7;1-2(3)4/h1-5,8-9,12H,6,11H2,(H,13,14);1H3,(H,3,4)/t8-,9-;/m0./s1. The highest BCUT2D eigenvalue weighted by Crippen LogP contribution is 2.04. The molecule has 6 heteroatoms. The highest BCUT2D eigenvalue weighted by Gasteiger charge is 2.21. The Morgan fingerprint density at radius 3 is 2.06 bits per heavy atom. The smallest absolute Gasteiger partial charge is 0.334 e. The van der Waals surface area contributed by atoms with Gasteiger partial charge in [0.15, 0.2) is 6.10 Å². The molecule has 0 aromatic heterocycles. The van der Waals surface area contributed by atoms with Crippen molar-refractivity contribution >= 4 is 11.9 Å². The Hall–Kier alpha value is -1.92. The minimum absolute atomic E-state index is 0.355. The molecule has 0 spiro atoms. The Morgan fingerprint density at radius 2 is 1.67 bits per heavy atom. The third kappa shape index (κ3) is 7.37. The van der Waals surface area contributed by atoms with Crippen LogP contribution in [0.15, 0.2) is 30.3 Å². The molecule has 100 valence electrons. The van der Waals surface area contributed by atoms with E-state index in [2.05, 4.69) is 0 Å². The molecular formula is C12H17NO5. The average molecular weight is 255 g/mol. The molecule has 0 saturated heterocycles.